The molecule has 3 N–H and O–H groups in total. The van der Waals surface area contributed by atoms with Crippen molar-refractivity contribution in [1.82, 2.24) is 0 Å². The summed E-state index contributed by atoms with van der Waals surface area (Å²) in [7, 11) is -4.98. The number of rotatable bonds is 3. The molecule has 0 unspecified atom stereocenters. The van der Waals surface area contributed by atoms with Gasteiger partial charge >= 0.3 is 13.8 Å². The van der Waals surface area contributed by atoms with Gasteiger partial charge in [0.1, 0.15) is 6.33 Å². The second-order valence-electron chi connectivity index (χ2n) is 1.36. The molecule has 64 valence electrons. The van der Waals surface area contributed by atoms with Crippen LogP contribution in [-0.2, 0) is 13.9 Å². The molecule has 0 saturated carbocycles. The summed E-state index contributed by atoms with van der Waals surface area (Å²) in [4.78, 5) is 25.8. The van der Waals surface area contributed by atoms with Crippen molar-refractivity contribution in [2.45, 2.75) is 0 Å². The molecule has 0 atom stereocenters. The van der Waals surface area contributed by atoms with Crippen molar-refractivity contribution in [3.05, 3.63) is 12.1 Å². The van der Waals surface area contributed by atoms with E-state index in [-0.39, 0.29) is 0 Å². The molecule has 0 aromatic heterocycles. The van der Waals surface area contributed by atoms with Crippen molar-refractivity contribution in [1.29, 1.82) is 0 Å². The van der Waals surface area contributed by atoms with Crippen LogP contribution in [0.25, 0.3) is 0 Å². The lowest BCUT2D eigenvalue weighted by molar-refractivity contribution is -0.135. The number of phosphoric acid groups is 1. The zero-order chi connectivity index (χ0) is 9.07. The molecule has 0 aliphatic rings. The number of carboxylic acids is 1. The van der Waals surface area contributed by atoms with Gasteiger partial charge in [-0.05, 0) is 0 Å². The van der Waals surface area contributed by atoms with Gasteiger partial charge in [-0.2, -0.15) is 0 Å². The van der Waals surface area contributed by atoms with E-state index in [0.29, 0.717) is 0 Å². The highest BCUT2D eigenvalue weighted by atomic mass is 31.2. The number of carbonyl (C=O) groups is 1. The third kappa shape index (κ3) is 4.49. The van der Waals surface area contributed by atoms with E-state index in [4.69, 9.17) is 14.9 Å². The predicted molar refractivity (Wildman–Crippen MR) is 30.0 cm³/mol. The Morgan fingerprint density at radius 3 is 2.09 bits per heavy atom. The number of carboxylic acid groups (broad SMARTS) is 1. The van der Waals surface area contributed by atoms with E-state index < -0.39 is 25.9 Å². The maximum Gasteiger partial charge on any atom is 0.525 e. The first-order valence-electron chi connectivity index (χ1n) is 2.15. The average Bonchev–Trinajstić information content (AvgIpc) is 1.80. The lowest BCUT2D eigenvalue weighted by atomic mass is 10.6. The summed E-state index contributed by atoms with van der Waals surface area (Å²) in [6.07, 6.45) is -0.554. The fourth-order valence-electron chi connectivity index (χ4n) is 0.234. The van der Waals surface area contributed by atoms with Crippen LogP contribution in [0.2, 0.25) is 0 Å². The summed E-state index contributed by atoms with van der Waals surface area (Å²) in [5, 5.41) is 7.96. The molecule has 0 heterocycles. The lowest BCUT2D eigenvalue weighted by Crippen LogP contribution is -2.02. The van der Waals surface area contributed by atoms with E-state index in [1.54, 1.807) is 0 Å². The van der Waals surface area contributed by atoms with Crippen LogP contribution >= 0.6 is 7.82 Å². The van der Waals surface area contributed by atoms with Gasteiger partial charge in [0.2, 0.25) is 5.76 Å². The summed E-state index contributed by atoms with van der Waals surface area (Å²) < 4.78 is 24.7. The van der Waals surface area contributed by atoms with Crippen molar-refractivity contribution in [2.24, 2.45) is 0 Å². The molecular formula is C3H4FO6P. The SMILES string of the molecule is O=C(O)/C(=C\F)OP(=O)(O)O. The highest BCUT2D eigenvalue weighted by Gasteiger charge is 2.22. The second kappa shape index (κ2) is 3.47. The fraction of sp³-hybridized carbons (Fsp3) is 0. The highest BCUT2D eigenvalue weighted by molar-refractivity contribution is 7.46. The van der Waals surface area contributed by atoms with Crippen LogP contribution in [0.1, 0.15) is 0 Å². The minimum atomic E-state index is -4.98. The maximum absolute atomic E-state index is 11.4. The van der Waals surface area contributed by atoms with Crippen molar-refractivity contribution in [3.63, 3.8) is 0 Å². The Balaban J connectivity index is 4.37. The molecule has 0 rings (SSSR count). The molecule has 0 bridgehead atoms. The Morgan fingerprint density at radius 2 is 2.00 bits per heavy atom. The molecule has 11 heavy (non-hydrogen) atoms. The normalized spacial score (nSPS) is 12.8. The van der Waals surface area contributed by atoms with Gasteiger partial charge in [-0.25, -0.2) is 13.8 Å². The molecule has 0 radical (unpaired) electrons. The third-order valence-electron chi connectivity index (χ3n) is 0.527. The van der Waals surface area contributed by atoms with Gasteiger partial charge in [0.25, 0.3) is 0 Å². The molecule has 0 fully saturated rings. The number of aliphatic carboxylic acids is 1. The molecule has 0 saturated heterocycles. The van der Waals surface area contributed by atoms with Gasteiger partial charge in [-0.1, -0.05) is 0 Å². The fourth-order valence-corrected chi connectivity index (χ4v) is 0.608. The van der Waals surface area contributed by atoms with E-state index in [9.17, 15) is 13.8 Å². The monoisotopic (exact) mass is 186 g/mol. The Labute approximate surface area is 60.2 Å². The summed E-state index contributed by atoms with van der Waals surface area (Å²) in [5.41, 5.74) is 0. The maximum atomic E-state index is 11.4. The summed E-state index contributed by atoms with van der Waals surface area (Å²) >= 11 is 0. The Bertz CT molecular complexity index is 228. The Hall–Kier alpha value is -0.910. The first-order valence-corrected chi connectivity index (χ1v) is 3.68. The van der Waals surface area contributed by atoms with Gasteiger partial charge in [0, 0.05) is 0 Å². The zero-order valence-corrected chi connectivity index (χ0v) is 5.86. The van der Waals surface area contributed by atoms with Crippen LogP contribution in [0.5, 0.6) is 0 Å². The van der Waals surface area contributed by atoms with Crippen molar-refractivity contribution >= 4 is 13.8 Å². The van der Waals surface area contributed by atoms with E-state index in [1.165, 1.54) is 0 Å². The van der Waals surface area contributed by atoms with Crippen LogP contribution in [0, 0.1) is 0 Å². The quantitative estimate of drug-likeness (QED) is 0.325. The van der Waals surface area contributed by atoms with Gasteiger partial charge in [0.15, 0.2) is 0 Å². The molecule has 0 amide bonds. The van der Waals surface area contributed by atoms with E-state index in [1.807, 2.05) is 0 Å². The summed E-state index contributed by atoms with van der Waals surface area (Å²) in [5.74, 6) is -3.32. The zero-order valence-electron chi connectivity index (χ0n) is 4.97. The number of hydrogen-bond acceptors (Lipinski definition) is 3. The van der Waals surface area contributed by atoms with Crippen LogP contribution < -0.4 is 0 Å². The van der Waals surface area contributed by atoms with Gasteiger partial charge in [-0.3, -0.25) is 9.79 Å². The van der Waals surface area contributed by atoms with Crippen molar-refractivity contribution < 1.29 is 33.2 Å². The second-order valence-corrected chi connectivity index (χ2v) is 2.52. The van der Waals surface area contributed by atoms with Gasteiger partial charge < -0.3 is 9.63 Å². The molecule has 0 aromatic rings. The molecule has 0 spiro atoms. The average molecular weight is 186 g/mol. The Morgan fingerprint density at radius 1 is 1.55 bits per heavy atom. The predicted octanol–water partition coefficient (Wildman–Crippen LogP) is -0.00880. The molecule has 8 heteroatoms. The van der Waals surface area contributed by atoms with Crippen molar-refractivity contribution in [3.8, 4) is 0 Å². The van der Waals surface area contributed by atoms with E-state index in [2.05, 4.69) is 4.52 Å². The Kier molecular flexibility index (Phi) is 3.18. The van der Waals surface area contributed by atoms with Crippen LogP contribution in [0.3, 0.4) is 0 Å². The molecule has 0 aliphatic carbocycles. The molecule has 6 nitrogen and oxygen atoms in total. The standard InChI is InChI=1S/C3H4FO6P/c4-1-2(3(5)6)10-11(7,8)9/h1H,(H,5,6)(H2,7,8,9)/b2-1+. The first kappa shape index (κ1) is 10.1. The van der Waals surface area contributed by atoms with Crippen molar-refractivity contribution in [2.75, 3.05) is 0 Å². The summed E-state index contributed by atoms with van der Waals surface area (Å²) in [6.45, 7) is 0. The van der Waals surface area contributed by atoms with E-state index >= 15 is 0 Å². The lowest BCUT2D eigenvalue weighted by Gasteiger charge is -2.04. The van der Waals surface area contributed by atoms with Crippen LogP contribution in [0.4, 0.5) is 4.39 Å². The molecule has 0 aromatic carbocycles. The first-order chi connectivity index (χ1) is 4.87. The van der Waals surface area contributed by atoms with Crippen LogP contribution in [-0.4, -0.2) is 20.9 Å². The van der Waals surface area contributed by atoms with E-state index in [0.717, 1.165) is 0 Å². The minimum Gasteiger partial charge on any atom is -0.475 e. The smallest absolute Gasteiger partial charge is 0.475 e. The summed E-state index contributed by atoms with van der Waals surface area (Å²) in [6, 6.07) is 0. The minimum absolute atomic E-state index is 0.554. The van der Waals surface area contributed by atoms with Gasteiger partial charge in [0.05, 0.1) is 0 Å². The molecular weight excluding hydrogens is 182 g/mol. The number of hydrogen-bond donors (Lipinski definition) is 3. The van der Waals surface area contributed by atoms with Gasteiger partial charge in [-0.15, -0.1) is 0 Å². The topological polar surface area (TPSA) is 104 Å². The number of phosphoric ester groups is 1. The largest absolute Gasteiger partial charge is 0.525 e. The molecule has 0 aliphatic heterocycles. The third-order valence-corrected chi connectivity index (χ3v) is 0.962. The highest BCUT2D eigenvalue weighted by Crippen LogP contribution is 2.38. The van der Waals surface area contributed by atoms with Crippen LogP contribution in [0.15, 0.2) is 12.1 Å². The number of halogens is 1.